The van der Waals surface area contributed by atoms with Crippen LogP contribution in [-0.2, 0) is 4.74 Å². The lowest BCUT2D eigenvalue weighted by molar-refractivity contribution is -0.384. The third-order valence-corrected chi connectivity index (χ3v) is 2.84. The van der Waals surface area contributed by atoms with Crippen LogP contribution in [0.15, 0.2) is 18.2 Å². The SMILES string of the molecule is COCCN(C)CCNc1ccc(C=O)cc1[N+](=O)[O-]. The Morgan fingerprint density at radius 1 is 1.45 bits per heavy atom. The summed E-state index contributed by atoms with van der Waals surface area (Å²) < 4.78 is 4.97. The summed E-state index contributed by atoms with van der Waals surface area (Å²) in [6, 6.07) is 4.37. The van der Waals surface area contributed by atoms with Crippen molar-refractivity contribution in [3.8, 4) is 0 Å². The molecule has 0 heterocycles. The summed E-state index contributed by atoms with van der Waals surface area (Å²) in [5, 5.41) is 14.0. The number of rotatable bonds is 9. The van der Waals surface area contributed by atoms with E-state index in [0.29, 0.717) is 30.7 Å². The van der Waals surface area contributed by atoms with Gasteiger partial charge in [-0.15, -0.1) is 0 Å². The Morgan fingerprint density at radius 3 is 2.80 bits per heavy atom. The summed E-state index contributed by atoms with van der Waals surface area (Å²) in [5.41, 5.74) is 0.620. The molecule has 0 fully saturated rings. The molecule has 7 nitrogen and oxygen atoms in total. The number of nitro groups is 1. The quantitative estimate of drug-likeness (QED) is 0.418. The van der Waals surface area contributed by atoms with Gasteiger partial charge in [0, 0.05) is 38.4 Å². The third-order valence-electron chi connectivity index (χ3n) is 2.84. The van der Waals surface area contributed by atoms with E-state index in [4.69, 9.17) is 4.74 Å². The van der Waals surface area contributed by atoms with E-state index in [1.54, 1.807) is 19.2 Å². The molecule has 0 saturated carbocycles. The monoisotopic (exact) mass is 281 g/mol. The molecule has 1 rings (SSSR count). The van der Waals surface area contributed by atoms with Crippen molar-refractivity contribution in [3.05, 3.63) is 33.9 Å². The van der Waals surface area contributed by atoms with Crippen molar-refractivity contribution in [1.82, 2.24) is 4.90 Å². The zero-order chi connectivity index (χ0) is 15.0. The van der Waals surface area contributed by atoms with Crippen LogP contribution in [-0.4, -0.2) is 56.5 Å². The van der Waals surface area contributed by atoms with E-state index in [1.807, 2.05) is 7.05 Å². The van der Waals surface area contributed by atoms with Gasteiger partial charge in [0.05, 0.1) is 11.5 Å². The molecular formula is C13H19N3O4. The normalized spacial score (nSPS) is 10.6. The Bertz CT molecular complexity index is 465. The molecule has 0 bridgehead atoms. The predicted molar refractivity (Wildman–Crippen MR) is 76.3 cm³/mol. The minimum Gasteiger partial charge on any atom is -0.383 e. The van der Waals surface area contributed by atoms with E-state index in [2.05, 4.69) is 10.2 Å². The highest BCUT2D eigenvalue weighted by Gasteiger charge is 2.14. The Balaban J connectivity index is 2.59. The number of nitrogens with one attached hydrogen (secondary N) is 1. The fraction of sp³-hybridized carbons (Fsp3) is 0.462. The van der Waals surface area contributed by atoms with E-state index in [0.717, 1.165) is 13.1 Å². The number of carbonyl (C=O) groups is 1. The molecule has 0 aromatic heterocycles. The van der Waals surface area contributed by atoms with E-state index in [-0.39, 0.29) is 5.69 Å². The lowest BCUT2D eigenvalue weighted by Gasteiger charge is -2.16. The van der Waals surface area contributed by atoms with Crippen LogP contribution in [0.1, 0.15) is 10.4 Å². The molecule has 0 unspecified atom stereocenters. The van der Waals surface area contributed by atoms with Gasteiger partial charge in [-0.2, -0.15) is 0 Å². The summed E-state index contributed by atoms with van der Waals surface area (Å²) in [6.07, 6.45) is 0.593. The maximum Gasteiger partial charge on any atom is 0.293 e. The van der Waals surface area contributed by atoms with Gasteiger partial charge in [-0.25, -0.2) is 0 Å². The fourth-order valence-electron chi connectivity index (χ4n) is 1.66. The number of aldehydes is 1. The topological polar surface area (TPSA) is 84.7 Å². The van der Waals surface area contributed by atoms with Crippen LogP contribution in [0.5, 0.6) is 0 Å². The molecule has 7 heteroatoms. The lowest BCUT2D eigenvalue weighted by Crippen LogP contribution is -2.28. The van der Waals surface area contributed by atoms with Crippen molar-refractivity contribution in [2.75, 3.05) is 45.7 Å². The van der Waals surface area contributed by atoms with Crippen molar-refractivity contribution in [3.63, 3.8) is 0 Å². The fourth-order valence-corrected chi connectivity index (χ4v) is 1.66. The molecule has 0 amide bonds. The second kappa shape index (κ2) is 8.23. The van der Waals surface area contributed by atoms with Crippen LogP contribution in [0.4, 0.5) is 11.4 Å². The number of hydrogen-bond acceptors (Lipinski definition) is 6. The number of hydrogen-bond donors (Lipinski definition) is 1. The molecule has 1 aromatic rings. The summed E-state index contributed by atoms with van der Waals surface area (Å²) in [7, 11) is 3.59. The van der Waals surface area contributed by atoms with Gasteiger partial charge >= 0.3 is 0 Å². The maximum atomic E-state index is 11.0. The second-order valence-corrected chi connectivity index (χ2v) is 4.37. The van der Waals surface area contributed by atoms with Crippen LogP contribution in [0.25, 0.3) is 0 Å². The largest absolute Gasteiger partial charge is 0.383 e. The van der Waals surface area contributed by atoms with Gasteiger partial charge < -0.3 is 15.0 Å². The lowest BCUT2D eigenvalue weighted by atomic mass is 10.2. The zero-order valence-corrected chi connectivity index (χ0v) is 11.7. The molecule has 1 aromatic carbocycles. The highest BCUT2D eigenvalue weighted by Crippen LogP contribution is 2.24. The van der Waals surface area contributed by atoms with Crippen molar-refractivity contribution >= 4 is 17.7 Å². The Morgan fingerprint density at radius 2 is 2.20 bits per heavy atom. The van der Waals surface area contributed by atoms with E-state index in [1.165, 1.54) is 6.07 Å². The third kappa shape index (κ3) is 4.94. The molecule has 0 radical (unpaired) electrons. The molecule has 0 aliphatic rings. The molecule has 1 N–H and O–H groups in total. The Labute approximate surface area is 117 Å². The first-order chi connectivity index (χ1) is 9.58. The summed E-state index contributed by atoms with van der Waals surface area (Å²) in [4.78, 5) is 23.1. The molecule has 0 aliphatic carbocycles. The molecule has 0 atom stereocenters. The minimum absolute atomic E-state index is 0.0888. The van der Waals surface area contributed by atoms with Gasteiger partial charge in [-0.3, -0.25) is 14.9 Å². The van der Waals surface area contributed by atoms with E-state index < -0.39 is 4.92 Å². The first-order valence-electron chi connectivity index (χ1n) is 6.23. The van der Waals surface area contributed by atoms with Gasteiger partial charge in [0.25, 0.3) is 5.69 Å². The van der Waals surface area contributed by atoms with E-state index in [9.17, 15) is 14.9 Å². The molecule has 0 saturated heterocycles. The second-order valence-electron chi connectivity index (χ2n) is 4.37. The average molecular weight is 281 g/mol. The number of carbonyl (C=O) groups excluding carboxylic acids is 1. The number of benzene rings is 1. The van der Waals surface area contributed by atoms with Gasteiger partial charge in [0.2, 0.25) is 0 Å². The summed E-state index contributed by atoms with van der Waals surface area (Å²) in [5.74, 6) is 0. The van der Waals surface area contributed by atoms with Crippen LogP contribution >= 0.6 is 0 Å². The standard InChI is InChI=1S/C13H19N3O4/c1-15(7-8-20-2)6-5-14-12-4-3-11(10-17)9-13(12)16(18)19/h3-4,9-10,14H,5-8H2,1-2H3. The molecule has 0 spiro atoms. The van der Waals surface area contributed by atoms with Crippen LogP contribution in [0, 0.1) is 10.1 Å². The Hall–Kier alpha value is -1.99. The average Bonchev–Trinajstić information content (AvgIpc) is 2.45. The van der Waals surface area contributed by atoms with Gasteiger partial charge in [0.1, 0.15) is 12.0 Å². The molecular weight excluding hydrogens is 262 g/mol. The van der Waals surface area contributed by atoms with Crippen molar-refractivity contribution < 1.29 is 14.5 Å². The van der Waals surface area contributed by atoms with Crippen LogP contribution in [0.2, 0.25) is 0 Å². The summed E-state index contributed by atoms with van der Waals surface area (Å²) >= 11 is 0. The first kappa shape index (κ1) is 16.1. The number of anilines is 1. The van der Waals surface area contributed by atoms with E-state index >= 15 is 0 Å². The molecule has 20 heavy (non-hydrogen) atoms. The van der Waals surface area contributed by atoms with Crippen LogP contribution < -0.4 is 5.32 Å². The van der Waals surface area contributed by atoms with Crippen LogP contribution in [0.3, 0.4) is 0 Å². The molecule has 110 valence electrons. The van der Waals surface area contributed by atoms with Gasteiger partial charge in [-0.05, 0) is 19.2 Å². The van der Waals surface area contributed by atoms with Crippen molar-refractivity contribution in [1.29, 1.82) is 0 Å². The first-order valence-corrected chi connectivity index (χ1v) is 6.23. The van der Waals surface area contributed by atoms with Gasteiger partial charge in [-0.1, -0.05) is 0 Å². The number of nitrogens with zero attached hydrogens (tertiary/aromatic N) is 2. The highest BCUT2D eigenvalue weighted by molar-refractivity contribution is 5.79. The van der Waals surface area contributed by atoms with Gasteiger partial charge in [0.15, 0.2) is 0 Å². The summed E-state index contributed by atoms with van der Waals surface area (Å²) in [6.45, 7) is 2.74. The minimum atomic E-state index is -0.496. The highest BCUT2D eigenvalue weighted by atomic mass is 16.6. The van der Waals surface area contributed by atoms with Crippen molar-refractivity contribution in [2.45, 2.75) is 0 Å². The molecule has 0 aliphatic heterocycles. The predicted octanol–water partition coefficient (Wildman–Crippen LogP) is 1.40. The number of ether oxygens (including phenoxy) is 1. The number of likely N-dealkylation sites (N-methyl/N-ethyl adjacent to an activating group) is 1. The Kier molecular flexibility index (Phi) is 6.61. The maximum absolute atomic E-state index is 11.0. The number of nitro benzene ring substituents is 1. The smallest absolute Gasteiger partial charge is 0.293 e. The zero-order valence-electron chi connectivity index (χ0n) is 11.7. The number of methoxy groups -OCH3 is 1. The van der Waals surface area contributed by atoms with Crippen molar-refractivity contribution in [2.24, 2.45) is 0 Å².